The van der Waals surface area contributed by atoms with Crippen LogP contribution in [0.25, 0.3) is 21.8 Å². The molecule has 11 heteroatoms. The first-order valence-corrected chi connectivity index (χ1v) is 29.4. The van der Waals surface area contributed by atoms with Gasteiger partial charge in [0.2, 0.25) is 5.91 Å². The Hall–Kier alpha value is -9.84. The molecule has 0 aliphatic rings. The number of para-hydroxylation sites is 2. The Labute approximate surface area is 498 Å². The molecular formula is C74H74N8O3. The van der Waals surface area contributed by atoms with E-state index in [0.29, 0.717) is 25.9 Å². The SMILES string of the molecule is CC(Cc1c[nH]c2ccccc12)C(=O)NCCCc1cn(C(c2ccccc2)(c2ccccc2)c2ccccc2)cn1.CC(Cc1c[nH]c2ccccc12)C(=O)O.NCCCc1cn(C(c2ccccc2)(c2ccccc2)c2ccccc2)cn1. The number of rotatable bonds is 21. The van der Waals surface area contributed by atoms with Gasteiger partial charge in [0.15, 0.2) is 0 Å². The molecule has 0 saturated heterocycles. The quantitative estimate of drug-likeness (QED) is 0.0356. The van der Waals surface area contributed by atoms with Crippen LogP contribution in [0.2, 0.25) is 0 Å². The molecule has 0 bridgehead atoms. The van der Waals surface area contributed by atoms with Gasteiger partial charge in [-0.1, -0.05) is 232 Å². The minimum Gasteiger partial charge on any atom is -0.481 e. The van der Waals surface area contributed by atoms with E-state index in [2.05, 4.69) is 231 Å². The lowest BCUT2D eigenvalue weighted by Gasteiger charge is -2.37. The summed E-state index contributed by atoms with van der Waals surface area (Å²) in [5, 5.41) is 14.3. The molecular weight excluding hydrogens is 1050 g/mol. The van der Waals surface area contributed by atoms with Crippen LogP contribution in [0.15, 0.2) is 268 Å². The third-order valence-corrected chi connectivity index (χ3v) is 16.0. The standard InChI is InChI=1S/C37H36N4O.C25H25N3.C12H13NO2/c1-28(24-29-25-39-35-22-12-11-21-34(29)35)36(42)38-23-13-20-33-26-41(27-40-33)37(30-14-5-2-6-15-30,31-16-7-3-8-17-31)32-18-9-4-10-19-32;26-18-10-17-24-19-28(20-27-24)25(21-11-4-1-5-12-21,22-13-6-2-7-14-22)23-15-8-3-9-16-23;1-8(12(14)15)6-9-7-13-11-5-3-2-4-10(9)11/h2-12,14-19,21-22,25-28,39H,13,20,23-24H2,1H3,(H,38,42);1-9,11-16,19-20H,10,17-18,26H2;2-5,7-8,13H,6H2,1H3,(H,14,15). The largest absolute Gasteiger partial charge is 0.481 e. The Balaban J connectivity index is 0.000000159. The third-order valence-electron chi connectivity index (χ3n) is 16.0. The second kappa shape index (κ2) is 28.0. The van der Waals surface area contributed by atoms with Crippen LogP contribution in [0.1, 0.15) is 82.6 Å². The summed E-state index contributed by atoms with van der Waals surface area (Å²) in [5.74, 6) is -1.11. The number of H-pyrrole nitrogens is 2. The molecule has 85 heavy (non-hydrogen) atoms. The number of nitrogens with two attached hydrogens (primary N) is 1. The number of hydrogen-bond donors (Lipinski definition) is 5. The minimum atomic E-state index is -0.750. The minimum absolute atomic E-state index is 0.0852. The van der Waals surface area contributed by atoms with Crippen LogP contribution in [0, 0.1) is 11.8 Å². The molecule has 4 aromatic heterocycles. The zero-order valence-electron chi connectivity index (χ0n) is 48.3. The number of carbonyl (C=O) groups is 2. The highest BCUT2D eigenvalue weighted by Crippen LogP contribution is 2.42. The third kappa shape index (κ3) is 13.2. The first kappa shape index (κ1) is 58.4. The fraction of sp³-hybridized carbons (Fsp3) is 0.189. The lowest BCUT2D eigenvalue weighted by molar-refractivity contribution is -0.141. The Bertz CT molecular complexity index is 3790. The van der Waals surface area contributed by atoms with Gasteiger partial charge >= 0.3 is 5.97 Å². The zero-order valence-corrected chi connectivity index (χ0v) is 48.3. The fourth-order valence-corrected chi connectivity index (χ4v) is 11.7. The number of aromatic nitrogens is 6. The van der Waals surface area contributed by atoms with E-state index in [9.17, 15) is 9.59 Å². The summed E-state index contributed by atoms with van der Waals surface area (Å²) in [5.41, 5.74) is 18.3. The van der Waals surface area contributed by atoms with E-state index >= 15 is 0 Å². The van der Waals surface area contributed by atoms with Crippen molar-refractivity contribution in [3.63, 3.8) is 0 Å². The van der Waals surface area contributed by atoms with Crippen molar-refractivity contribution in [2.24, 2.45) is 17.6 Å². The van der Waals surface area contributed by atoms with E-state index < -0.39 is 17.0 Å². The van der Waals surface area contributed by atoms with E-state index in [0.717, 1.165) is 59.1 Å². The summed E-state index contributed by atoms with van der Waals surface area (Å²) < 4.78 is 4.49. The number of carboxylic acid groups (broad SMARTS) is 1. The van der Waals surface area contributed by atoms with Crippen molar-refractivity contribution in [3.8, 4) is 0 Å². The Kier molecular flexibility index (Phi) is 19.2. The normalized spacial score (nSPS) is 12.1. The number of aliphatic carboxylic acids is 1. The first-order chi connectivity index (χ1) is 41.7. The van der Waals surface area contributed by atoms with Crippen LogP contribution in [-0.4, -0.2) is 59.1 Å². The first-order valence-electron chi connectivity index (χ1n) is 29.4. The van der Waals surface area contributed by atoms with Gasteiger partial charge in [-0.15, -0.1) is 0 Å². The molecule has 12 rings (SSSR count). The Morgan fingerprint density at radius 2 is 0.812 bits per heavy atom. The molecule has 6 N–H and O–H groups in total. The molecule has 1 amide bonds. The van der Waals surface area contributed by atoms with Crippen LogP contribution >= 0.6 is 0 Å². The smallest absolute Gasteiger partial charge is 0.306 e. The number of fused-ring (bicyclic) bond motifs is 2. The predicted octanol–water partition coefficient (Wildman–Crippen LogP) is 14.2. The lowest BCUT2D eigenvalue weighted by atomic mass is 9.77. The highest BCUT2D eigenvalue weighted by atomic mass is 16.4. The summed E-state index contributed by atoms with van der Waals surface area (Å²) in [7, 11) is 0. The van der Waals surface area contributed by atoms with Crippen molar-refractivity contribution < 1.29 is 14.7 Å². The summed E-state index contributed by atoms with van der Waals surface area (Å²) in [4.78, 5) is 39.6. The maximum absolute atomic E-state index is 12.9. The van der Waals surface area contributed by atoms with Gasteiger partial charge in [-0.3, -0.25) is 9.59 Å². The molecule has 0 saturated carbocycles. The van der Waals surface area contributed by atoms with E-state index in [1.54, 1.807) is 6.92 Å². The molecule has 0 aliphatic carbocycles. The molecule has 0 aliphatic heterocycles. The summed E-state index contributed by atoms with van der Waals surface area (Å²) >= 11 is 0. The summed E-state index contributed by atoms with van der Waals surface area (Å²) in [6.45, 7) is 5.01. The molecule has 12 aromatic rings. The number of benzene rings is 8. The van der Waals surface area contributed by atoms with Crippen molar-refractivity contribution in [3.05, 3.63) is 324 Å². The molecule has 428 valence electrons. The van der Waals surface area contributed by atoms with Gasteiger partial charge in [0.1, 0.15) is 11.1 Å². The van der Waals surface area contributed by atoms with Gasteiger partial charge in [0, 0.05) is 59.1 Å². The van der Waals surface area contributed by atoms with Crippen LogP contribution in [0.5, 0.6) is 0 Å². The summed E-state index contributed by atoms with van der Waals surface area (Å²) in [6, 6.07) is 79.9. The van der Waals surface area contributed by atoms with Crippen molar-refractivity contribution in [2.45, 2.75) is 63.5 Å². The Morgan fingerprint density at radius 1 is 0.482 bits per heavy atom. The maximum Gasteiger partial charge on any atom is 0.306 e. The molecule has 4 heterocycles. The van der Waals surface area contributed by atoms with Gasteiger partial charge < -0.3 is 35.3 Å². The molecule has 0 fully saturated rings. The second-order valence-electron chi connectivity index (χ2n) is 21.7. The fourth-order valence-electron chi connectivity index (χ4n) is 11.7. The van der Waals surface area contributed by atoms with Gasteiger partial charge in [0.05, 0.1) is 30.0 Å². The van der Waals surface area contributed by atoms with Crippen LogP contribution in [0.4, 0.5) is 0 Å². The van der Waals surface area contributed by atoms with E-state index in [-0.39, 0.29) is 17.7 Å². The number of carbonyl (C=O) groups excluding carboxylic acids is 1. The highest BCUT2D eigenvalue weighted by Gasteiger charge is 2.40. The maximum atomic E-state index is 12.9. The average Bonchev–Trinajstić information content (AvgIpc) is 2.72. The lowest BCUT2D eigenvalue weighted by Crippen LogP contribution is -2.36. The van der Waals surface area contributed by atoms with Crippen molar-refractivity contribution in [1.82, 2.24) is 34.4 Å². The number of aryl methyl sites for hydroxylation is 2. The number of amides is 1. The van der Waals surface area contributed by atoms with E-state index in [1.807, 2.05) is 68.4 Å². The number of imidazole rings is 2. The van der Waals surface area contributed by atoms with Crippen LogP contribution in [0.3, 0.4) is 0 Å². The molecule has 8 aromatic carbocycles. The van der Waals surface area contributed by atoms with Gasteiger partial charge in [0.25, 0.3) is 0 Å². The molecule has 2 atom stereocenters. The molecule has 0 spiro atoms. The van der Waals surface area contributed by atoms with Gasteiger partial charge in [-0.05, 0) is 102 Å². The van der Waals surface area contributed by atoms with Crippen molar-refractivity contribution in [2.75, 3.05) is 13.1 Å². The molecule has 2 unspecified atom stereocenters. The topological polar surface area (TPSA) is 160 Å². The molecule has 0 radical (unpaired) electrons. The van der Waals surface area contributed by atoms with Gasteiger partial charge in [-0.2, -0.15) is 0 Å². The number of hydrogen-bond acceptors (Lipinski definition) is 5. The monoisotopic (exact) mass is 1120 g/mol. The van der Waals surface area contributed by atoms with Crippen LogP contribution < -0.4 is 11.1 Å². The van der Waals surface area contributed by atoms with E-state index in [4.69, 9.17) is 20.8 Å². The van der Waals surface area contributed by atoms with E-state index in [1.165, 1.54) is 44.3 Å². The average molecular weight is 1120 g/mol. The number of nitrogens with zero attached hydrogens (tertiary/aromatic N) is 4. The summed E-state index contributed by atoms with van der Waals surface area (Å²) in [6.07, 6.45) is 16.8. The number of aromatic amines is 2. The number of nitrogens with one attached hydrogen (secondary N) is 3. The molecule has 11 nitrogen and oxygen atoms in total. The van der Waals surface area contributed by atoms with Crippen molar-refractivity contribution in [1.29, 1.82) is 0 Å². The Morgan fingerprint density at radius 3 is 1.16 bits per heavy atom. The van der Waals surface area contributed by atoms with Gasteiger partial charge in [-0.25, -0.2) is 9.97 Å². The highest BCUT2D eigenvalue weighted by molar-refractivity contribution is 5.85. The predicted molar refractivity (Wildman–Crippen MR) is 342 cm³/mol. The number of carboxylic acids is 1. The van der Waals surface area contributed by atoms with Crippen molar-refractivity contribution >= 4 is 33.7 Å². The second-order valence-corrected chi connectivity index (χ2v) is 21.7. The zero-order chi connectivity index (χ0) is 58.9. The van der Waals surface area contributed by atoms with Crippen LogP contribution in [-0.2, 0) is 46.4 Å².